The molecule has 0 aromatic heterocycles. The molecule has 27 heavy (non-hydrogen) atoms. The van der Waals surface area contributed by atoms with Crippen molar-refractivity contribution in [2.24, 2.45) is 5.92 Å². The molecule has 2 aliphatic rings. The molecule has 1 aromatic carbocycles. The summed E-state index contributed by atoms with van der Waals surface area (Å²) in [4.78, 5) is 26.2. The van der Waals surface area contributed by atoms with Gasteiger partial charge in [0.2, 0.25) is 0 Å². The third kappa shape index (κ3) is 4.37. The third-order valence-corrected chi connectivity index (χ3v) is 5.82. The number of Topliss-reactive ketones (excluding diaryl/α,β-unsaturated/α-hetero) is 1. The molecule has 0 saturated carbocycles. The Labute approximate surface area is 160 Å². The number of benzene rings is 1. The molecule has 2 N–H and O–H groups in total. The van der Waals surface area contributed by atoms with Gasteiger partial charge in [-0.15, -0.1) is 0 Å². The van der Waals surface area contributed by atoms with Gasteiger partial charge in [0, 0.05) is 38.6 Å². The first-order valence-electron chi connectivity index (χ1n) is 9.52. The van der Waals surface area contributed by atoms with E-state index in [2.05, 4.69) is 16.8 Å². The molecule has 5 nitrogen and oxygen atoms in total. The Kier molecular flexibility index (Phi) is 5.92. The lowest BCUT2D eigenvalue weighted by molar-refractivity contribution is -0.116. The van der Waals surface area contributed by atoms with E-state index in [1.54, 1.807) is 12.1 Å². The fourth-order valence-electron chi connectivity index (χ4n) is 4.09. The minimum Gasteiger partial charge on any atom is -0.478 e. The molecule has 1 aliphatic carbocycles. The normalized spacial score (nSPS) is 24.1. The van der Waals surface area contributed by atoms with E-state index in [-0.39, 0.29) is 17.7 Å². The SMILES string of the molecule is C=C(C)C1CC(=O)C(C)=C(C2CN(Cc3ccccc3C(=O)O)CCN2)C1. The van der Waals surface area contributed by atoms with Gasteiger partial charge in [0.15, 0.2) is 5.78 Å². The van der Waals surface area contributed by atoms with E-state index in [0.717, 1.165) is 42.8 Å². The van der Waals surface area contributed by atoms with E-state index in [0.29, 0.717) is 18.5 Å². The average Bonchev–Trinajstić information content (AvgIpc) is 2.64. The lowest BCUT2D eigenvalue weighted by Gasteiger charge is -2.38. The number of hydrogen-bond donors (Lipinski definition) is 2. The monoisotopic (exact) mass is 368 g/mol. The standard InChI is InChI=1S/C22H28N2O3/c1-14(2)17-10-19(15(3)21(25)11-17)20-13-24(9-8-23-20)12-16-6-4-5-7-18(16)22(26)27/h4-7,17,20,23H,1,8-13H2,2-3H3,(H,26,27). The summed E-state index contributed by atoms with van der Waals surface area (Å²) in [5.74, 6) is -0.446. The minimum absolute atomic E-state index is 0.127. The van der Waals surface area contributed by atoms with Crippen LogP contribution in [0.2, 0.25) is 0 Å². The molecule has 5 heteroatoms. The van der Waals surface area contributed by atoms with Crippen LogP contribution in [0.3, 0.4) is 0 Å². The fraction of sp³-hybridized carbons (Fsp3) is 0.455. The second kappa shape index (κ2) is 8.19. The highest BCUT2D eigenvalue weighted by Crippen LogP contribution is 2.33. The highest BCUT2D eigenvalue weighted by atomic mass is 16.4. The van der Waals surface area contributed by atoms with E-state index in [1.807, 2.05) is 26.0 Å². The van der Waals surface area contributed by atoms with Crippen molar-refractivity contribution in [1.29, 1.82) is 0 Å². The van der Waals surface area contributed by atoms with Crippen molar-refractivity contribution in [1.82, 2.24) is 10.2 Å². The molecule has 1 saturated heterocycles. The van der Waals surface area contributed by atoms with E-state index in [1.165, 1.54) is 5.57 Å². The quantitative estimate of drug-likeness (QED) is 0.782. The van der Waals surface area contributed by atoms with Crippen molar-refractivity contribution in [3.63, 3.8) is 0 Å². The van der Waals surface area contributed by atoms with Gasteiger partial charge in [-0.1, -0.05) is 30.4 Å². The van der Waals surface area contributed by atoms with Gasteiger partial charge in [0.1, 0.15) is 0 Å². The first-order valence-corrected chi connectivity index (χ1v) is 9.52. The van der Waals surface area contributed by atoms with Crippen LogP contribution in [0.4, 0.5) is 0 Å². The highest BCUT2D eigenvalue weighted by molar-refractivity contribution is 5.97. The molecule has 1 aromatic rings. The van der Waals surface area contributed by atoms with E-state index in [9.17, 15) is 14.7 Å². The largest absolute Gasteiger partial charge is 0.478 e. The van der Waals surface area contributed by atoms with Gasteiger partial charge in [-0.05, 0) is 49.0 Å². The fourth-order valence-corrected chi connectivity index (χ4v) is 4.09. The lowest BCUT2D eigenvalue weighted by atomic mass is 9.77. The molecular weight excluding hydrogens is 340 g/mol. The Morgan fingerprint density at radius 1 is 1.33 bits per heavy atom. The number of ketones is 1. The summed E-state index contributed by atoms with van der Waals surface area (Å²) in [7, 11) is 0. The topological polar surface area (TPSA) is 69.6 Å². The molecule has 3 rings (SSSR count). The maximum Gasteiger partial charge on any atom is 0.336 e. The molecule has 2 unspecified atom stereocenters. The molecule has 0 bridgehead atoms. The Hall–Kier alpha value is -2.24. The van der Waals surface area contributed by atoms with Crippen LogP contribution in [0.15, 0.2) is 47.6 Å². The van der Waals surface area contributed by atoms with Crippen LogP contribution in [0.5, 0.6) is 0 Å². The number of rotatable bonds is 5. The zero-order chi connectivity index (χ0) is 19.6. The first-order chi connectivity index (χ1) is 12.9. The number of nitrogens with zero attached hydrogens (tertiary/aromatic N) is 1. The number of piperazine rings is 1. The van der Waals surface area contributed by atoms with Crippen molar-refractivity contribution in [2.45, 2.75) is 39.3 Å². The third-order valence-electron chi connectivity index (χ3n) is 5.82. The molecule has 0 amide bonds. The van der Waals surface area contributed by atoms with Gasteiger partial charge in [-0.25, -0.2) is 4.79 Å². The number of nitrogens with one attached hydrogen (secondary N) is 1. The number of aromatic carboxylic acids is 1. The van der Waals surface area contributed by atoms with Crippen LogP contribution in [0.25, 0.3) is 0 Å². The van der Waals surface area contributed by atoms with Crippen LogP contribution in [0.1, 0.15) is 42.6 Å². The van der Waals surface area contributed by atoms with Crippen LogP contribution in [-0.2, 0) is 11.3 Å². The van der Waals surface area contributed by atoms with Gasteiger partial charge in [-0.2, -0.15) is 0 Å². The summed E-state index contributed by atoms with van der Waals surface area (Å²) in [6, 6.07) is 7.30. The van der Waals surface area contributed by atoms with Crippen LogP contribution in [-0.4, -0.2) is 47.4 Å². The number of carbonyl (C=O) groups excluding carboxylic acids is 1. The van der Waals surface area contributed by atoms with Crippen molar-refractivity contribution in [3.05, 3.63) is 58.7 Å². The molecule has 2 atom stereocenters. The van der Waals surface area contributed by atoms with E-state index in [4.69, 9.17) is 0 Å². The first kappa shape index (κ1) is 19.5. The van der Waals surface area contributed by atoms with Gasteiger partial charge >= 0.3 is 5.97 Å². The molecule has 0 radical (unpaired) electrons. The van der Waals surface area contributed by atoms with Crippen molar-refractivity contribution in [2.75, 3.05) is 19.6 Å². The van der Waals surface area contributed by atoms with Crippen LogP contribution >= 0.6 is 0 Å². The Morgan fingerprint density at radius 3 is 2.78 bits per heavy atom. The maximum absolute atomic E-state index is 12.4. The summed E-state index contributed by atoms with van der Waals surface area (Å²) in [5, 5.41) is 13.0. The predicted molar refractivity (Wildman–Crippen MR) is 106 cm³/mol. The molecular formula is C22H28N2O3. The number of carboxylic acids is 1. The number of carbonyl (C=O) groups is 2. The van der Waals surface area contributed by atoms with E-state index >= 15 is 0 Å². The zero-order valence-corrected chi connectivity index (χ0v) is 16.1. The van der Waals surface area contributed by atoms with Gasteiger partial charge in [0.05, 0.1) is 5.56 Å². The van der Waals surface area contributed by atoms with Crippen molar-refractivity contribution in [3.8, 4) is 0 Å². The summed E-state index contributed by atoms with van der Waals surface area (Å²) in [6.07, 6.45) is 1.44. The van der Waals surface area contributed by atoms with Gasteiger partial charge in [0.25, 0.3) is 0 Å². The maximum atomic E-state index is 12.4. The van der Waals surface area contributed by atoms with Gasteiger partial charge < -0.3 is 10.4 Å². The van der Waals surface area contributed by atoms with Crippen molar-refractivity contribution < 1.29 is 14.7 Å². The Morgan fingerprint density at radius 2 is 2.07 bits per heavy atom. The summed E-state index contributed by atoms with van der Waals surface area (Å²) < 4.78 is 0. The van der Waals surface area contributed by atoms with Gasteiger partial charge in [-0.3, -0.25) is 9.69 Å². The second-order valence-corrected chi connectivity index (χ2v) is 7.73. The average molecular weight is 368 g/mol. The zero-order valence-electron chi connectivity index (χ0n) is 16.1. The molecule has 1 aliphatic heterocycles. The molecule has 1 fully saturated rings. The second-order valence-electron chi connectivity index (χ2n) is 7.73. The number of carboxylic acid groups (broad SMARTS) is 1. The van der Waals surface area contributed by atoms with Crippen LogP contribution < -0.4 is 5.32 Å². The lowest BCUT2D eigenvalue weighted by Crippen LogP contribution is -2.52. The summed E-state index contributed by atoms with van der Waals surface area (Å²) >= 11 is 0. The summed E-state index contributed by atoms with van der Waals surface area (Å²) in [5.41, 5.74) is 4.33. The number of hydrogen-bond acceptors (Lipinski definition) is 4. The number of allylic oxidation sites excluding steroid dienone is 2. The Bertz CT molecular complexity index is 797. The summed E-state index contributed by atoms with van der Waals surface area (Å²) in [6.45, 7) is 11.0. The minimum atomic E-state index is -0.891. The molecule has 144 valence electrons. The van der Waals surface area contributed by atoms with Crippen molar-refractivity contribution >= 4 is 11.8 Å². The predicted octanol–water partition coefficient (Wildman–Crippen LogP) is 3.03. The molecule has 1 heterocycles. The highest BCUT2D eigenvalue weighted by Gasteiger charge is 2.32. The molecule has 0 spiro atoms. The smallest absolute Gasteiger partial charge is 0.336 e. The Balaban J connectivity index is 1.76. The van der Waals surface area contributed by atoms with Crippen LogP contribution in [0, 0.1) is 5.92 Å². The van der Waals surface area contributed by atoms with E-state index < -0.39 is 5.97 Å².